The minimum atomic E-state index is -0.915. The summed E-state index contributed by atoms with van der Waals surface area (Å²) in [5.41, 5.74) is -0.285. The molecule has 0 bridgehead atoms. The van der Waals surface area contributed by atoms with Crippen LogP contribution in [0.5, 0.6) is 0 Å². The van der Waals surface area contributed by atoms with E-state index in [1.54, 1.807) is 19.1 Å². The van der Waals surface area contributed by atoms with Gasteiger partial charge in [-0.2, -0.15) is 0 Å². The van der Waals surface area contributed by atoms with Crippen LogP contribution in [0.1, 0.15) is 25.8 Å². The molecule has 0 aliphatic carbocycles. The van der Waals surface area contributed by atoms with E-state index >= 15 is 0 Å². The minimum Gasteiger partial charge on any atom is -0.385 e. The van der Waals surface area contributed by atoms with E-state index in [0.29, 0.717) is 12.0 Å². The van der Waals surface area contributed by atoms with Gasteiger partial charge >= 0.3 is 0 Å². The second-order valence-electron chi connectivity index (χ2n) is 3.14. The van der Waals surface area contributed by atoms with Gasteiger partial charge in [-0.25, -0.2) is 4.39 Å². The summed E-state index contributed by atoms with van der Waals surface area (Å²) in [6, 6.07) is 6.07. The Bertz CT molecular complexity index is 268. The van der Waals surface area contributed by atoms with Crippen LogP contribution >= 0.6 is 0 Å². The van der Waals surface area contributed by atoms with Gasteiger partial charge in [0.1, 0.15) is 5.82 Å². The SMILES string of the molecule is CCC(C)(O)c1cccc(F)c1. The largest absolute Gasteiger partial charge is 0.385 e. The van der Waals surface area contributed by atoms with Crippen molar-refractivity contribution in [2.24, 2.45) is 0 Å². The zero-order valence-corrected chi connectivity index (χ0v) is 7.34. The third-order valence-corrected chi connectivity index (χ3v) is 2.13. The van der Waals surface area contributed by atoms with Gasteiger partial charge < -0.3 is 5.11 Å². The zero-order chi connectivity index (χ0) is 9.19. The first-order valence-electron chi connectivity index (χ1n) is 4.04. The lowest BCUT2D eigenvalue weighted by Gasteiger charge is -2.21. The Morgan fingerprint density at radius 1 is 1.50 bits per heavy atom. The summed E-state index contributed by atoms with van der Waals surface area (Å²) < 4.78 is 12.7. The molecular formula is C10H13FO. The van der Waals surface area contributed by atoms with Crippen LogP contribution in [0.4, 0.5) is 4.39 Å². The van der Waals surface area contributed by atoms with Gasteiger partial charge in [-0.1, -0.05) is 19.1 Å². The molecule has 12 heavy (non-hydrogen) atoms. The minimum absolute atomic E-state index is 0.304. The fourth-order valence-electron chi connectivity index (χ4n) is 1.03. The van der Waals surface area contributed by atoms with Crippen molar-refractivity contribution >= 4 is 0 Å². The Morgan fingerprint density at radius 3 is 2.67 bits per heavy atom. The van der Waals surface area contributed by atoms with Crippen molar-refractivity contribution in [1.82, 2.24) is 0 Å². The maximum atomic E-state index is 12.7. The Kier molecular flexibility index (Phi) is 2.48. The molecule has 1 rings (SSSR count). The van der Waals surface area contributed by atoms with E-state index in [0.717, 1.165) is 0 Å². The second kappa shape index (κ2) is 3.23. The number of benzene rings is 1. The molecule has 0 radical (unpaired) electrons. The topological polar surface area (TPSA) is 20.2 Å². The second-order valence-corrected chi connectivity index (χ2v) is 3.14. The highest BCUT2D eigenvalue weighted by atomic mass is 19.1. The van der Waals surface area contributed by atoms with Crippen molar-refractivity contribution in [3.8, 4) is 0 Å². The Hall–Kier alpha value is -0.890. The first kappa shape index (κ1) is 9.20. The molecule has 0 aromatic heterocycles. The van der Waals surface area contributed by atoms with Crippen LogP contribution in [0.2, 0.25) is 0 Å². The van der Waals surface area contributed by atoms with E-state index in [-0.39, 0.29) is 5.82 Å². The molecule has 0 saturated heterocycles. The van der Waals surface area contributed by atoms with E-state index in [9.17, 15) is 9.50 Å². The van der Waals surface area contributed by atoms with Gasteiger partial charge in [-0.15, -0.1) is 0 Å². The summed E-state index contributed by atoms with van der Waals surface area (Å²) in [7, 11) is 0. The molecule has 0 aliphatic heterocycles. The third-order valence-electron chi connectivity index (χ3n) is 2.13. The van der Waals surface area contributed by atoms with Crippen molar-refractivity contribution in [3.05, 3.63) is 35.6 Å². The van der Waals surface area contributed by atoms with Gasteiger partial charge in [-0.05, 0) is 31.0 Å². The van der Waals surface area contributed by atoms with Gasteiger partial charge in [0.2, 0.25) is 0 Å². The van der Waals surface area contributed by atoms with Crippen molar-refractivity contribution in [1.29, 1.82) is 0 Å². The average Bonchev–Trinajstić information content (AvgIpc) is 2.05. The predicted molar refractivity (Wildman–Crippen MR) is 46.3 cm³/mol. The fourth-order valence-corrected chi connectivity index (χ4v) is 1.03. The molecule has 1 atom stereocenters. The van der Waals surface area contributed by atoms with Crippen LogP contribution in [0.15, 0.2) is 24.3 Å². The molecule has 1 N–H and O–H groups in total. The average molecular weight is 168 g/mol. The van der Waals surface area contributed by atoms with E-state index in [1.165, 1.54) is 12.1 Å². The van der Waals surface area contributed by atoms with E-state index in [1.807, 2.05) is 6.92 Å². The molecule has 0 amide bonds. The van der Waals surface area contributed by atoms with Crippen LogP contribution in [-0.4, -0.2) is 5.11 Å². The summed E-state index contributed by atoms with van der Waals surface area (Å²) in [5, 5.41) is 9.75. The molecule has 1 aromatic carbocycles. The summed E-state index contributed by atoms with van der Waals surface area (Å²) >= 11 is 0. The number of halogens is 1. The molecular weight excluding hydrogens is 155 g/mol. The van der Waals surface area contributed by atoms with Crippen molar-refractivity contribution in [3.63, 3.8) is 0 Å². The molecule has 0 saturated carbocycles. The summed E-state index contributed by atoms with van der Waals surface area (Å²) in [4.78, 5) is 0. The maximum Gasteiger partial charge on any atom is 0.123 e. The molecule has 66 valence electrons. The molecule has 0 aliphatic rings. The molecule has 1 aromatic rings. The number of hydrogen-bond acceptors (Lipinski definition) is 1. The van der Waals surface area contributed by atoms with Crippen LogP contribution in [0.3, 0.4) is 0 Å². The highest BCUT2D eigenvalue weighted by Gasteiger charge is 2.20. The number of aliphatic hydroxyl groups is 1. The number of hydrogen-bond donors (Lipinski definition) is 1. The van der Waals surface area contributed by atoms with Crippen LogP contribution in [0.25, 0.3) is 0 Å². The van der Waals surface area contributed by atoms with Gasteiger partial charge in [-0.3, -0.25) is 0 Å². The fraction of sp³-hybridized carbons (Fsp3) is 0.400. The van der Waals surface area contributed by atoms with Gasteiger partial charge in [0.15, 0.2) is 0 Å². The third kappa shape index (κ3) is 1.83. The quantitative estimate of drug-likeness (QED) is 0.719. The van der Waals surface area contributed by atoms with Gasteiger partial charge in [0, 0.05) is 0 Å². The van der Waals surface area contributed by atoms with Crippen molar-refractivity contribution in [2.45, 2.75) is 25.9 Å². The Morgan fingerprint density at radius 2 is 2.17 bits per heavy atom. The molecule has 0 spiro atoms. The smallest absolute Gasteiger partial charge is 0.123 e. The Labute approximate surface area is 71.9 Å². The van der Waals surface area contributed by atoms with E-state index < -0.39 is 5.60 Å². The van der Waals surface area contributed by atoms with Gasteiger partial charge in [0.05, 0.1) is 5.60 Å². The van der Waals surface area contributed by atoms with Crippen molar-refractivity contribution in [2.75, 3.05) is 0 Å². The predicted octanol–water partition coefficient (Wildman–Crippen LogP) is 2.44. The normalized spacial score (nSPS) is 15.7. The van der Waals surface area contributed by atoms with Crippen LogP contribution < -0.4 is 0 Å². The van der Waals surface area contributed by atoms with E-state index in [4.69, 9.17) is 0 Å². The molecule has 0 fully saturated rings. The molecule has 0 heterocycles. The highest BCUT2D eigenvalue weighted by molar-refractivity contribution is 5.22. The molecule has 1 nitrogen and oxygen atoms in total. The van der Waals surface area contributed by atoms with Crippen LogP contribution in [-0.2, 0) is 5.60 Å². The molecule has 1 unspecified atom stereocenters. The maximum absolute atomic E-state index is 12.7. The highest BCUT2D eigenvalue weighted by Crippen LogP contribution is 2.23. The monoisotopic (exact) mass is 168 g/mol. The summed E-state index contributed by atoms with van der Waals surface area (Å²) in [5.74, 6) is -0.304. The first-order valence-corrected chi connectivity index (χ1v) is 4.04. The number of rotatable bonds is 2. The molecule has 2 heteroatoms. The van der Waals surface area contributed by atoms with Crippen molar-refractivity contribution < 1.29 is 9.50 Å². The lowest BCUT2D eigenvalue weighted by molar-refractivity contribution is 0.0527. The standard InChI is InChI=1S/C10H13FO/c1-3-10(2,12)8-5-4-6-9(11)7-8/h4-7,12H,3H2,1-2H3. The van der Waals surface area contributed by atoms with Crippen LogP contribution in [0, 0.1) is 5.82 Å². The lowest BCUT2D eigenvalue weighted by Crippen LogP contribution is -2.19. The Balaban J connectivity index is 3.03. The first-order chi connectivity index (χ1) is 5.56. The summed E-state index contributed by atoms with van der Waals surface area (Å²) in [6.45, 7) is 3.55. The van der Waals surface area contributed by atoms with Gasteiger partial charge in [0.25, 0.3) is 0 Å². The summed E-state index contributed by atoms with van der Waals surface area (Å²) in [6.07, 6.45) is 0.580. The lowest BCUT2D eigenvalue weighted by atomic mass is 9.93. The zero-order valence-electron chi connectivity index (χ0n) is 7.34. The van der Waals surface area contributed by atoms with E-state index in [2.05, 4.69) is 0 Å².